The van der Waals surface area contributed by atoms with E-state index in [4.69, 9.17) is 44.3 Å². The molecule has 0 bridgehead atoms. The zero-order valence-corrected chi connectivity index (χ0v) is 68.4. The van der Waals surface area contributed by atoms with Crippen molar-refractivity contribution in [2.45, 2.75) is 157 Å². The second-order valence-electron chi connectivity index (χ2n) is 27.4. The quantitative estimate of drug-likeness (QED) is 0.0127. The van der Waals surface area contributed by atoms with Crippen LogP contribution in [0.4, 0.5) is 0 Å². The minimum Gasteiger partial charge on any atom is -0.481 e. The Kier molecular flexibility index (Phi) is 45.5. The third-order valence-electron chi connectivity index (χ3n) is 17.7. The Morgan fingerprint density at radius 2 is 0.877 bits per heavy atom. The first-order valence-corrected chi connectivity index (χ1v) is 39.2. The molecule has 1 saturated heterocycles. The van der Waals surface area contributed by atoms with Crippen LogP contribution in [0.1, 0.15) is 90.0 Å². The van der Waals surface area contributed by atoms with E-state index in [9.17, 15) is 106 Å². The van der Waals surface area contributed by atoms with Gasteiger partial charge in [-0.3, -0.25) is 107 Å². The lowest BCUT2D eigenvalue weighted by Gasteiger charge is -2.28. The van der Waals surface area contributed by atoms with Crippen LogP contribution in [0, 0.1) is 16.2 Å². The summed E-state index contributed by atoms with van der Waals surface area (Å²) >= 11 is 8.46. The number of hydrogen-bond donors (Lipinski definition) is 32. The van der Waals surface area contributed by atoms with Crippen molar-refractivity contribution in [3.05, 3.63) is 36.0 Å². The van der Waals surface area contributed by atoms with Crippen molar-refractivity contribution in [3.8, 4) is 0 Å². The van der Waals surface area contributed by atoms with Crippen LogP contribution in [0.2, 0.25) is 0 Å². The molecular formula is C69H108N28O23S2. The number of carboxylic acid groups (broad SMARTS) is 3. The van der Waals surface area contributed by atoms with E-state index in [-0.39, 0.29) is 89.3 Å². The van der Waals surface area contributed by atoms with E-state index < -0.39 is 268 Å². The molecule has 3 rings (SSSR count). The van der Waals surface area contributed by atoms with Crippen LogP contribution in [-0.4, -0.2) is 311 Å². The molecule has 11 atom stereocenters. The summed E-state index contributed by atoms with van der Waals surface area (Å²) < 4.78 is 0. The van der Waals surface area contributed by atoms with Gasteiger partial charge in [0.25, 0.3) is 0 Å². The highest BCUT2D eigenvalue weighted by molar-refractivity contribution is 7.80. The molecule has 0 saturated carbocycles. The van der Waals surface area contributed by atoms with Gasteiger partial charge in [0.2, 0.25) is 100 Å². The van der Waals surface area contributed by atoms with Crippen molar-refractivity contribution in [1.82, 2.24) is 111 Å². The van der Waals surface area contributed by atoms with E-state index in [1.165, 1.54) is 13.8 Å². The van der Waals surface area contributed by atoms with Crippen molar-refractivity contribution in [3.63, 3.8) is 0 Å². The number of carbonyl (C=O) groups is 20. The SMILES string of the molecule is C[C@H](NC(=O)CNC(=O)[C@@H](N)CCCNC(=N)N)C(=O)N[C@@H](CC(=O)O)C(=O)N[C@@H](CCCNC(=N)N)C(=O)N[C@@H](C)C(=O)NCC(=O)NCC(=O)NCC(=O)NCC(=O)NCC(=O)N1CCC[C@H]1C(=O)N[C@@H](CCCNC(=N)N)C(=O)N[C@@H](CS)C(=O)N[C@@H](Cc1c[nH]c2ccccc12)C(=O)N[C@@H](CS)C(=O)NCC(=O)N[C@@H](CCC(=O)O)C(=O)O. The van der Waals surface area contributed by atoms with E-state index in [2.05, 4.69) is 131 Å². The number of H-pyrrole nitrogens is 1. The topological polar surface area (TPSA) is 825 Å². The van der Waals surface area contributed by atoms with Crippen molar-refractivity contribution in [2.24, 2.45) is 22.9 Å². The highest BCUT2D eigenvalue weighted by atomic mass is 32.1. The van der Waals surface area contributed by atoms with Gasteiger partial charge in [0.15, 0.2) is 17.9 Å². The fraction of sp³-hybridized carbons (Fsp3) is 0.551. The predicted octanol–water partition coefficient (Wildman–Crippen LogP) is -12.7. The first-order valence-electron chi connectivity index (χ1n) is 38.0. The molecule has 2 heterocycles. The Balaban J connectivity index is 1.54. The number of nitrogens with one attached hydrogen (secondary N) is 23. The molecule has 1 aromatic heterocycles. The number of nitrogens with zero attached hydrogens (tertiary/aromatic N) is 1. The standard InChI is InChI=1S/C69H108N28O23S2/c1-33(89-60(113)39(12-6-18-78-68(73)74)91-63(116)43(22-55(107)108)93-57(110)34(2)88-51(102)28-86-58(111)37(70)10-5-17-77-67(71)72)56(109)85-27-50(101)83-25-48(99)81-24-47(98)82-26-49(100)84-30-53(104)97-20-8-14-46(97)65(118)92-40(13-7-19-79-69(75)76)61(114)96-45(32-122)64(117)94-42(21-35-23-80-38-11-4-3-9-36(35)38)62(115)95-44(31-121)59(112)87-29-52(103)90-41(66(119)120)15-16-54(105)106/h3-4,9,11,23,33-34,37,39-46,80,121-122H,5-8,10,12-22,24-32,70H2,1-2H3,(H,81,99)(H,82,98)(H,83,101)(H,84,100)(H,85,109)(H,86,111)(H,87,112)(H,88,102)(H,89,113)(H,90,103)(H,91,116)(H,92,118)(H,93,110)(H,94,117)(H,95,115)(H,96,114)(H,105,106)(H,107,108)(H,119,120)(H4,71,72,77)(H4,73,74,78)(H4,75,76,79)/t33-,34-,37-,39-,40-,41-,42-,43-,44-,45-,46-/m0/s1. The molecule has 0 aliphatic carbocycles. The van der Waals surface area contributed by atoms with Gasteiger partial charge >= 0.3 is 17.9 Å². The summed E-state index contributed by atoms with van der Waals surface area (Å²) in [5, 5.41) is 95.4. The number of aromatic nitrogens is 1. The molecule has 0 spiro atoms. The average Bonchev–Trinajstić information content (AvgIpc) is 1.67. The molecular weight excluding hydrogens is 1650 g/mol. The van der Waals surface area contributed by atoms with Gasteiger partial charge in [-0.25, -0.2) is 4.79 Å². The minimum absolute atomic E-state index is 0.0100. The van der Waals surface area contributed by atoms with Crippen LogP contribution in [0.15, 0.2) is 30.5 Å². The molecule has 53 heteroatoms. The molecule has 51 nitrogen and oxygen atoms in total. The fourth-order valence-corrected chi connectivity index (χ4v) is 11.8. The van der Waals surface area contributed by atoms with Crippen LogP contribution < -0.4 is 124 Å². The largest absolute Gasteiger partial charge is 0.481 e. The number of thiol groups is 2. The van der Waals surface area contributed by atoms with Crippen LogP contribution >= 0.6 is 25.3 Å². The number of benzene rings is 1. The van der Waals surface area contributed by atoms with Gasteiger partial charge in [0.1, 0.15) is 60.4 Å². The predicted molar refractivity (Wildman–Crippen MR) is 436 cm³/mol. The number of fused-ring (bicyclic) bond motifs is 1. The molecule has 34 N–H and O–H groups in total. The average molecular weight is 1760 g/mol. The van der Waals surface area contributed by atoms with Gasteiger partial charge in [-0.05, 0) is 83.3 Å². The van der Waals surface area contributed by atoms with E-state index in [0.29, 0.717) is 22.9 Å². The monoisotopic (exact) mass is 1760 g/mol. The van der Waals surface area contributed by atoms with Crippen molar-refractivity contribution < 1.29 is 111 Å². The molecule has 122 heavy (non-hydrogen) atoms. The Morgan fingerprint density at radius 3 is 1.41 bits per heavy atom. The zero-order chi connectivity index (χ0) is 91.3. The number of amides is 17. The molecule has 0 unspecified atom stereocenters. The van der Waals surface area contributed by atoms with Crippen molar-refractivity contribution >= 4 is 172 Å². The summed E-state index contributed by atoms with van der Waals surface area (Å²) in [5.74, 6) is -22.2. The zero-order valence-electron chi connectivity index (χ0n) is 66.6. The fourth-order valence-electron chi connectivity index (χ4n) is 11.2. The number of guanidine groups is 3. The van der Waals surface area contributed by atoms with Crippen LogP contribution in [0.5, 0.6) is 0 Å². The second kappa shape index (κ2) is 53.9. The number of carbonyl (C=O) groups excluding carboxylic acids is 17. The highest BCUT2D eigenvalue weighted by Crippen LogP contribution is 2.21. The van der Waals surface area contributed by atoms with E-state index in [0.717, 1.165) is 4.90 Å². The van der Waals surface area contributed by atoms with Crippen LogP contribution in [-0.2, 0) is 102 Å². The maximum Gasteiger partial charge on any atom is 0.326 e. The molecule has 1 fully saturated rings. The van der Waals surface area contributed by atoms with E-state index in [1.54, 1.807) is 30.5 Å². The first-order chi connectivity index (χ1) is 57.6. The molecule has 1 aliphatic rings. The van der Waals surface area contributed by atoms with Crippen LogP contribution in [0.25, 0.3) is 10.9 Å². The molecule has 17 amide bonds. The molecule has 2 aromatic rings. The maximum absolute atomic E-state index is 14.2. The summed E-state index contributed by atoms with van der Waals surface area (Å²) in [7, 11) is 0. The third-order valence-corrected chi connectivity index (χ3v) is 18.4. The smallest absolute Gasteiger partial charge is 0.326 e. The van der Waals surface area contributed by atoms with Gasteiger partial charge in [0.05, 0.1) is 58.3 Å². The summed E-state index contributed by atoms with van der Waals surface area (Å²) in [4.78, 5) is 264. The summed E-state index contributed by atoms with van der Waals surface area (Å²) in [6, 6.07) is -9.10. The number of aromatic amines is 1. The Hall–Kier alpha value is -13.4. The van der Waals surface area contributed by atoms with E-state index >= 15 is 0 Å². The van der Waals surface area contributed by atoms with Crippen molar-refractivity contribution in [2.75, 3.05) is 83.5 Å². The van der Waals surface area contributed by atoms with Gasteiger partial charge < -0.3 is 149 Å². The van der Waals surface area contributed by atoms with Crippen LogP contribution in [0.3, 0.4) is 0 Å². The molecule has 0 radical (unpaired) electrons. The summed E-state index contributed by atoms with van der Waals surface area (Å²) in [6.45, 7) is -2.43. The summed E-state index contributed by atoms with van der Waals surface area (Å²) in [5.41, 5.74) is 23.0. The molecule has 1 aliphatic heterocycles. The highest BCUT2D eigenvalue weighted by Gasteiger charge is 2.39. The van der Waals surface area contributed by atoms with E-state index in [1.807, 2.05) is 0 Å². The lowest BCUT2D eigenvalue weighted by molar-refractivity contribution is -0.143. The number of carboxylic acids is 3. The second-order valence-corrected chi connectivity index (χ2v) is 28.1. The number of nitrogens with two attached hydrogens (primary N) is 4. The summed E-state index contributed by atoms with van der Waals surface area (Å²) in [6.07, 6.45) is -0.0885. The molecule has 1 aromatic carbocycles. The van der Waals surface area contributed by atoms with Gasteiger partial charge in [-0.2, -0.15) is 25.3 Å². The minimum atomic E-state index is -1.86. The number of likely N-dealkylation sites (tertiary alicyclic amines) is 1. The Labute approximate surface area is 707 Å². The Bertz CT molecular complexity index is 4120. The van der Waals surface area contributed by atoms with Gasteiger partial charge in [0, 0.05) is 67.6 Å². The number of rotatable bonds is 55. The van der Waals surface area contributed by atoms with Gasteiger partial charge in [-0.15, -0.1) is 0 Å². The lowest BCUT2D eigenvalue weighted by atomic mass is 10.0. The number of para-hydroxylation sites is 1. The number of aliphatic carboxylic acids is 3. The number of hydrogen-bond acceptors (Lipinski definition) is 26. The normalized spacial score (nSPS) is 14.4. The lowest BCUT2D eigenvalue weighted by Crippen LogP contribution is -2.60. The maximum atomic E-state index is 14.2. The molecule has 674 valence electrons. The third kappa shape index (κ3) is 39.5. The van der Waals surface area contributed by atoms with Crippen molar-refractivity contribution in [1.29, 1.82) is 16.2 Å². The van der Waals surface area contributed by atoms with Gasteiger partial charge in [-0.1, -0.05) is 18.2 Å². The first kappa shape index (κ1) is 103. The Morgan fingerprint density at radius 1 is 0.451 bits per heavy atom.